The molecule has 6 nitrogen and oxygen atoms in total. The van der Waals surface area contributed by atoms with Crippen LogP contribution in [-0.2, 0) is 41.0 Å². The monoisotopic (exact) mass is 940 g/mol. The molecule has 1 aliphatic heterocycles. The Kier molecular flexibility index (Phi) is 18.9. The van der Waals surface area contributed by atoms with E-state index in [0.29, 0.717) is 43.7 Å². The van der Waals surface area contributed by atoms with Crippen LogP contribution in [0, 0.1) is 5.92 Å². The third-order valence-corrected chi connectivity index (χ3v) is 23.8. The summed E-state index contributed by atoms with van der Waals surface area (Å²) in [6.45, 7) is 27.3. The van der Waals surface area contributed by atoms with Crippen molar-refractivity contribution in [3.05, 3.63) is 144 Å². The summed E-state index contributed by atoms with van der Waals surface area (Å²) in [6, 6.07) is 42.4. The average molecular weight is 942 g/mol. The smallest absolute Gasteiger partial charge is 0.261 e. The summed E-state index contributed by atoms with van der Waals surface area (Å²) < 4.78 is 42.6. The molecule has 4 aromatic carbocycles. The molecule has 0 amide bonds. The first-order valence-electron chi connectivity index (χ1n) is 23.1. The van der Waals surface area contributed by atoms with E-state index in [0.717, 1.165) is 29.7 Å². The van der Waals surface area contributed by atoms with Gasteiger partial charge in [0.15, 0.2) is 8.32 Å². The van der Waals surface area contributed by atoms with Crippen LogP contribution in [0.25, 0.3) is 0 Å². The second kappa shape index (κ2) is 23.2. The van der Waals surface area contributed by atoms with Gasteiger partial charge in [-0.1, -0.05) is 182 Å². The van der Waals surface area contributed by atoms with Crippen molar-refractivity contribution >= 4 is 55.4 Å². The molecular formula is C54H76O6S2Si2. The Balaban J connectivity index is 1.49. The van der Waals surface area contributed by atoms with Crippen LogP contribution in [-0.4, -0.2) is 64.4 Å². The number of thioether (sulfide) groups is 1. The maximum Gasteiger partial charge on any atom is 0.261 e. The summed E-state index contributed by atoms with van der Waals surface area (Å²) in [6.07, 6.45) is 4.24. The standard InChI is InChI=1S/C54H76O6S2Si2/c1-41(50(58-51(61)62-10)42(2)38-57-64(53(6,7)8,45-30-21-15-22-31-45)46-32-23-16-24-33-46)36-47-48(60-63(11,12)52(3,4)5)37-49(56-40-44-28-19-14-20-29-44)54(9,59-47)34-25-35-55-39-43-26-17-13-18-27-43/h13-24,26-33,42,47-49H,25,34-40H2,1-12H3/b50-41-/t42-,47+,48-,49+,54-/m0/s1. The lowest BCUT2D eigenvalue weighted by atomic mass is 9.83. The average Bonchev–Trinajstić information content (AvgIpc) is 3.26. The van der Waals surface area contributed by atoms with Gasteiger partial charge in [-0.25, -0.2) is 0 Å². The molecule has 0 N–H and O–H groups in total. The molecule has 0 bridgehead atoms. The summed E-state index contributed by atoms with van der Waals surface area (Å²) in [5.41, 5.74) is 2.79. The molecule has 10 heteroatoms. The van der Waals surface area contributed by atoms with Gasteiger partial charge >= 0.3 is 0 Å². The number of thiocarbonyl (C=S) groups is 1. The number of hydrogen-bond donors (Lipinski definition) is 0. The fraction of sp³-hybridized carbons (Fsp3) is 0.500. The van der Waals surface area contributed by atoms with Crippen LogP contribution in [0.1, 0.15) is 99.1 Å². The van der Waals surface area contributed by atoms with Crippen molar-refractivity contribution in [2.45, 2.75) is 148 Å². The highest BCUT2D eigenvalue weighted by atomic mass is 32.2. The van der Waals surface area contributed by atoms with Crippen molar-refractivity contribution in [3.63, 3.8) is 0 Å². The lowest BCUT2D eigenvalue weighted by Crippen LogP contribution is -2.66. The highest BCUT2D eigenvalue weighted by Crippen LogP contribution is 2.44. The highest BCUT2D eigenvalue weighted by molar-refractivity contribution is 8.22. The summed E-state index contributed by atoms with van der Waals surface area (Å²) in [4.78, 5) is 0. The third kappa shape index (κ3) is 13.6. The number of ether oxygens (including phenoxy) is 4. The number of benzene rings is 4. The van der Waals surface area contributed by atoms with Crippen LogP contribution in [0.2, 0.25) is 23.2 Å². The minimum atomic E-state index is -2.82. The Bertz CT molecular complexity index is 2010. The Hall–Kier alpha value is -2.91. The SMILES string of the molecule is CSC(=S)O/C(=C(/C)C[C@H]1O[C@@](C)(CCCOCc2ccccc2)[C@H](OCc2ccccc2)C[C@@H]1O[Si](C)(C)C(C)(C)C)[C@@H](C)CO[Si](c1ccccc1)(c1ccccc1)C(C)(C)C. The van der Waals surface area contributed by atoms with Gasteiger partial charge in [0.2, 0.25) is 4.38 Å². The zero-order valence-corrected chi connectivity index (χ0v) is 44.4. The molecule has 0 aromatic heterocycles. The Labute approximate surface area is 398 Å². The van der Waals surface area contributed by atoms with Crippen LogP contribution in [0.4, 0.5) is 0 Å². The summed E-state index contributed by atoms with van der Waals surface area (Å²) >= 11 is 7.24. The first-order valence-corrected chi connectivity index (χ1v) is 29.6. The molecule has 0 saturated carbocycles. The summed E-state index contributed by atoms with van der Waals surface area (Å²) in [7, 11) is -5.07. The van der Waals surface area contributed by atoms with Crippen LogP contribution >= 0.6 is 24.0 Å². The van der Waals surface area contributed by atoms with Crippen molar-refractivity contribution in [1.82, 2.24) is 0 Å². The molecule has 0 unspecified atom stereocenters. The van der Waals surface area contributed by atoms with Gasteiger partial charge in [-0.15, -0.1) is 0 Å². The van der Waals surface area contributed by atoms with Crippen LogP contribution in [0.5, 0.6) is 0 Å². The van der Waals surface area contributed by atoms with Gasteiger partial charge in [0.05, 0.1) is 37.1 Å². The van der Waals surface area contributed by atoms with Crippen LogP contribution < -0.4 is 10.4 Å². The second-order valence-corrected chi connectivity index (χ2v) is 30.8. The van der Waals surface area contributed by atoms with Gasteiger partial charge in [-0.2, -0.15) is 0 Å². The molecule has 4 aromatic rings. The van der Waals surface area contributed by atoms with Gasteiger partial charge in [0.1, 0.15) is 5.76 Å². The largest absolute Gasteiger partial charge is 0.444 e. The van der Waals surface area contributed by atoms with Gasteiger partial charge in [0.25, 0.3) is 8.32 Å². The van der Waals surface area contributed by atoms with E-state index in [4.69, 9.17) is 40.0 Å². The molecule has 5 atom stereocenters. The zero-order chi connectivity index (χ0) is 46.6. The van der Waals surface area contributed by atoms with Crippen molar-refractivity contribution in [2.75, 3.05) is 19.5 Å². The lowest BCUT2D eigenvalue weighted by Gasteiger charge is -2.51. The first-order chi connectivity index (χ1) is 30.3. The van der Waals surface area contributed by atoms with E-state index in [-0.39, 0.29) is 34.3 Å². The van der Waals surface area contributed by atoms with Crippen molar-refractivity contribution < 1.29 is 27.8 Å². The quantitative estimate of drug-likeness (QED) is 0.0376. The van der Waals surface area contributed by atoms with E-state index in [9.17, 15) is 0 Å². The Morgan fingerprint density at radius 3 is 1.81 bits per heavy atom. The predicted octanol–water partition coefficient (Wildman–Crippen LogP) is 13.0. The first kappa shape index (κ1) is 52.1. The molecule has 0 spiro atoms. The molecule has 64 heavy (non-hydrogen) atoms. The maximum atomic E-state index is 7.49. The third-order valence-electron chi connectivity index (χ3n) is 13.3. The molecule has 1 heterocycles. The molecule has 0 aliphatic carbocycles. The van der Waals surface area contributed by atoms with Crippen molar-refractivity contribution in [2.24, 2.45) is 5.92 Å². The Morgan fingerprint density at radius 2 is 1.31 bits per heavy atom. The normalized spacial score (nSPS) is 20.7. The van der Waals surface area contributed by atoms with Gasteiger partial charge in [0, 0.05) is 32.0 Å². The Morgan fingerprint density at radius 1 is 0.797 bits per heavy atom. The van der Waals surface area contributed by atoms with Gasteiger partial charge in [-0.05, 0) is 95.4 Å². The van der Waals surface area contributed by atoms with Crippen LogP contribution in [0.3, 0.4) is 0 Å². The van der Waals surface area contributed by atoms with E-state index in [2.05, 4.69) is 185 Å². The van der Waals surface area contributed by atoms with Crippen LogP contribution in [0.15, 0.2) is 133 Å². The molecule has 1 fully saturated rings. The number of hydrogen-bond acceptors (Lipinski definition) is 8. The van der Waals surface area contributed by atoms with E-state index >= 15 is 0 Å². The van der Waals surface area contributed by atoms with E-state index < -0.39 is 22.2 Å². The minimum Gasteiger partial charge on any atom is -0.444 e. The minimum absolute atomic E-state index is 0.00524. The fourth-order valence-electron chi connectivity index (χ4n) is 8.72. The van der Waals surface area contributed by atoms with E-state index in [1.165, 1.54) is 27.7 Å². The maximum absolute atomic E-state index is 7.49. The van der Waals surface area contributed by atoms with Crippen molar-refractivity contribution in [1.29, 1.82) is 0 Å². The molecule has 348 valence electrons. The predicted molar refractivity (Wildman–Crippen MR) is 278 cm³/mol. The highest BCUT2D eigenvalue weighted by Gasteiger charge is 2.52. The topological polar surface area (TPSA) is 55.4 Å². The molecule has 1 aliphatic rings. The summed E-state index contributed by atoms with van der Waals surface area (Å²) in [5.74, 6) is 0.732. The zero-order valence-electron chi connectivity index (χ0n) is 40.8. The van der Waals surface area contributed by atoms with E-state index in [1.54, 1.807) is 0 Å². The van der Waals surface area contributed by atoms with E-state index in [1.807, 2.05) is 18.4 Å². The second-order valence-electron chi connectivity index (χ2n) is 20.3. The molecular weight excluding hydrogens is 865 g/mol. The fourth-order valence-corrected chi connectivity index (χ4v) is 15.0. The van der Waals surface area contributed by atoms with Crippen molar-refractivity contribution in [3.8, 4) is 0 Å². The molecule has 0 radical (unpaired) electrons. The molecule has 5 rings (SSSR count). The summed E-state index contributed by atoms with van der Waals surface area (Å²) in [5, 5.41) is 2.34. The number of rotatable bonds is 20. The lowest BCUT2D eigenvalue weighted by molar-refractivity contribution is -0.234. The molecule has 1 saturated heterocycles. The van der Waals surface area contributed by atoms with Gasteiger partial charge < -0.3 is 27.8 Å². The van der Waals surface area contributed by atoms with Gasteiger partial charge in [-0.3, -0.25) is 0 Å².